The van der Waals surface area contributed by atoms with Crippen LogP contribution in [-0.4, -0.2) is 34.2 Å². The maximum atomic E-state index is 13.0. The number of urea groups is 1. The number of rotatable bonds is 6. The molecule has 0 saturated carbocycles. The van der Waals surface area contributed by atoms with Crippen LogP contribution < -0.4 is 10.6 Å². The summed E-state index contributed by atoms with van der Waals surface area (Å²) in [7, 11) is 0. The summed E-state index contributed by atoms with van der Waals surface area (Å²) in [5.41, 5.74) is 1.37. The Kier molecular flexibility index (Phi) is 5.55. The van der Waals surface area contributed by atoms with Crippen LogP contribution in [0.4, 0.5) is 16.2 Å². The summed E-state index contributed by atoms with van der Waals surface area (Å²) in [6, 6.07) is 10.3. The molecule has 2 aromatic rings. The highest BCUT2D eigenvalue weighted by Gasteiger charge is 2.49. The smallest absolute Gasteiger partial charge is 0.324 e. The standard InChI is InChI=1S/C21H22N4O5/c1-4-14-7-5-6-13(2)18(14)22-17(26)12-24-19(27)21(3,23-20(24)28)15-8-10-16(11-9-15)25(29)30/h5-11H,4,12H2,1-3H3,(H,22,26)(H,23,28)/t21-/m1/s1. The highest BCUT2D eigenvalue weighted by molar-refractivity contribution is 6.10. The first-order valence-electron chi connectivity index (χ1n) is 9.44. The minimum atomic E-state index is -1.41. The third kappa shape index (κ3) is 3.73. The molecule has 4 amide bonds. The number of amides is 4. The molecule has 0 aromatic heterocycles. The van der Waals surface area contributed by atoms with Gasteiger partial charge in [-0.05, 0) is 49.1 Å². The molecular formula is C21H22N4O5. The number of carbonyl (C=O) groups excluding carboxylic acids is 3. The van der Waals surface area contributed by atoms with E-state index in [1.807, 2.05) is 32.0 Å². The minimum absolute atomic E-state index is 0.125. The molecule has 0 aliphatic carbocycles. The zero-order chi connectivity index (χ0) is 22.1. The number of anilines is 1. The molecule has 1 heterocycles. The number of nitrogens with one attached hydrogen (secondary N) is 2. The van der Waals surface area contributed by atoms with Crippen molar-refractivity contribution in [3.63, 3.8) is 0 Å². The molecule has 0 spiro atoms. The van der Waals surface area contributed by atoms with E-state index in [0.717, 1.165) is 22.4 Å². The van der Waals surface area contributed by atoms with E-state index < -0.39 is 34.9 Å². The molecule has 0 bridgehead atoms. The monoisotopic (exact) mass is 410 g/mol. The number of nitro groups is 1. The van der Waals surface area contributed by atoms with E-state index in [-0.39, 0.29) is 5.69 Å². The first-order valence-corrected chi connectivity index (χ1v) is 9.44. The van der Waals surface area contributed by atoms with E-state index >= 15 is 0 Å². The fourth-order valence-electron chi connectivity index (χ4n) is 3.48. The molecule has 0 radical (unpaired) electrons. The zero-order valence-electron chi connectivity index (χ0n) is 16.9. The average molecular weight is 410 g/mol. The predicted molar refractivity (Wildman–Crippen MR) is 110 cm³/mol. The third-order valence-electron chi connectivity index (χ3n) is 5.24. The Morgan fingerprint density at radius 2 is 1.87 bits per heavy atom. The summed E-state index contributed by atoms with van der Waals surface area (Å²) >= 11 is 0. The van der Waals surface area contributed by atoms with Crippen molar-refractivity contribution >= 4 is 29.2 Å². The summed E-state index contributed by atoms with van der Waals surface area (Å²) in [6.45, 7) is 4.90. The van der Waals surface area contributed by atoms with Crippen molar-refractivity contribution in [1.82, 2.24) is 10.2 Å². The summed E-state index contributed by atoms with van der Waals surface area (Å²) in [6.07, 6.45) is 0.721. The SMILES string of the molecule is CCc1cccc(C)c1NC(=O)CN1C(=O)N[C@](C)(c2ccc([N+](=O)[O-])cc2)C1=O. The molecule has 2 N–H and O–H groups in total. The number of imide groups is 1. The van der Waals surface area contributed by atoms with Crippen LogP contribution in [0.2, 0.25) is 0 Å². The van der Waals surface area contributed by atoms with Crippen molar-refractivity contribution < 1.29 is 19.3 Å². The molecule has 1 aliphatic heterocycles. The molecule has 0 unspecified atom stereocenters. The Hall–Kier alpha value is -3.75. The fourth-order valence-corrected chi connectivity index (χ4v) is 3.48. The number of para-hydroxylation sites is 1. The van der Waals surface area contributed by atoms with Crippen LogP contribution in [0.3, 0.4) is 0 Å². The summed E-state index contributed by atoms with van der Waals surface area (Å²) in [5.74, 6) is -1.09. The molecule has 1 atom stereocenters. The fraction of sp³-hybridized carbons (Fsp3) is 0.286. The van der Waals surface area contributed by atoms with Crippen LogP contribution in [0.1, 0.15) is 30.5 Å². The lowest BCUT2D eigenvalue weighted by Crippen LogP contribution is -2.42. The molecule has 2 aromatic carbocycles. The van der Waals surface area contributed by atoms with Gasteiger partial charge in [0.25, 0.3) is 11.6 Å². The van der Waals surface area contributed by atoms with Crippen LogP contribution in [0.5, 0.6) is 0 Å². The maximum Gasteiger partial charge on any atom is 0.325 e. The molecule has 1 saturated heterocycles. The zero-order valence-corrected chi connectivity index (χ0v) is 16.9. The van der Waals surface area contributed by atoms with Gasteiger partial charge in [0.1, 0.15) is 12.1 Å². The van der Waals surface area contributed by atoms with E-state index in [1.165, 1.54) is 31.2 Å². The Morgan fingerprint density at radius 1 is 1.20 bits per heavy atom. The van der Waals surface area contributed by atoms with Crippen LogP contribution in [0, 0.1) is 17.0 Å². The molecule has 3 rings (SSSR count). The molecule has 9 nitrogen and oxygen atoms in total. The molecule has 30 heavy (non-hydrogen) atoms. The predicted octanol–water partition coefficient (Wildman–Crippen LogP) is 2.87. The maximum absolute atomic E-state index is 13.0. The van der Waals surface area contributed by atoms with Crippen LogP contribution >= 0.6 is 0 Å². The Bertz CT molecular complexity index is 1030. The largest absolute Gasteiger partial charge is 0.325 e. The molecule has 1 aliphatic rings. The van der Waals surface area contributed by atoms with E-state index in [0.29, 0.717) is 11.3 Å². The van der Waals surface area contributed by atoms with Crippen molar-refractivity contribution in [3.05, 3.63) is 69.3 Å². The van der Waals surface area contributed by atoms with E-state index in [2.05, 4.69) is 10.6 Å². The second kappa shape index (κ2) is 7.94. The molecular weight excluding hydrogens is 388 g/mol. The summed E-state index contributed by atoms with van der Waals surface area (Å²) in [5, 5.41) is 16.2. The van der Waals surface area contributed by atoms with Gasteiger partial charge in [0, 0.05) is 17.8 Å². The van der Waals surface area contributed by atoms with Gasteiger partial charge >= 0.3 is 6.03 Å². The van der Waals surface area contributed by atoms with Gasteiger partial charge in [0.05, 0.1) is 4.92 Å². The second-order valence-corrected chi connectivity index (χ2v) is 7.26. The van der Waals surface area contributed by atoms with Crippen LogP contribution in [0.25, 0.3) is 0 Å². The number of nitro benzene ring substituents is 1. The van der Waals surface area contributed by atoms with Crippen molar-refractivity contribution in [2.45, 2.75) is 32.7 Å². The Labute approximate surface area is 173 Å². The topological polar surface area (TPSA) is 122 Å². The van der Waals surface area contributed by atoms with E-state index in [9.17, 15) is 24.5 Å². The van der Waals surface area contributed by atoms with Gasteiger partial charge in [0.2, 0.25) is 5.91 Å². The van der Waals surface area contributed by atoms with Crippen molar-refractivity contribution in [2.24, 2.45) is 0 Å². The van der Waals surface area contributed by atoms with Gasteiger partial charge in [-0.15, -0.1) is 0 Å². The van der Waals surface area contributed by atoms with Crippen LogP contribution in [-0.2, 0) is 21.5 Å². The number of carbonyl (C=O) groups is 3. The number of hydrogen-bond acceptors (Lipinski definition) is 5. The average Bonchev–Trinajstić information content (AvgIpc) is 2.93. The van der Waals surface area contributed by atoms with Gasteiger partial charge in [-0.1, -0.05) is 25.1 Å². The van der Waals surface area contributed by atoms with E-state index in [4.69, 9.17) is 0 Å². The Balaban J connectivity index is 1.78. The highest BCUT2D eigenvalue weighted by Crippen LogP contribution is 2.30. The Morgan fingerprint density at radius 3 is 2.47 bits per heavy atom. The number of benzene rings is 2. The van der Waals surface area contributed by atoms with Gasteiger partial charge in [-0.25, -0.2) is 4.79 Å². The minimum Gasteiger partial charge on any atom is -0.324 e. The number of hydrogen-bond donors (Lipinski definition) is 2. The first-order chi connectivity index (χ1) is 14.2. The highest BCUT2D eigenvalue weighted by atomic mass is 16.6. The number of nitrogens with zero attached hydrogens (tertiary/aromatic N) is 2. The van der Waals surface area contributed by atoms with E-state index in [1.54, 1.807) is 0 Å². The van der Waals surface area contributed by atoms with Gasteiger partial charge in [-0.3, -0.25) is 24.6 Å². The number of aryl methyl sites for hydroxylation is 2. The molecule has 156 valence electrons. The summed E-state index contributed by atoms with van der Waals surface area (Å²) in [4.78, 5) is 49.1. The lowest BCUT2D eigenvalue weighted by molar-refractivity contribution is -0.384. The normalized spacial score (nSPS) is 18.3. The third-order valence-corrected chi connectivity index (χ3v) is 5.24. The van der Waals surface area contributed by atoms with Crippen molar-refractivity contribution in [3.8, 4) is 0 Å². The molecule has 9 heteroatoms. The number of non-ortho nitro benzene ring substituents is 1. The van der Waals surface area contributed by atoms with Gasteiger partial charge in [0.15, 0.2) is 0 Å². The second-order valence-electron chi connectivity index (χ2n) is 7.26. The first kappa shape index (κ1) is 21.0. The summed E-state index contributed by atoms with van der Waals surface area (Å²) < 4.78 is 0. The lowest BCUT2D eigenvalue weighted by Gasteiger charge is -2.22. The lowest BCUT2D eigenvalue weighted by atomic mass is 9.92. The molecule has 1 fully saturated rings. The van der Waals surface area contributed by atoms with Crippen molar-refractivity contribution in [2.75, 3.05) is 11.9 Å². The van der Waals surface area contributed by atoms with Crippen molar-refractivity contribution in [1.29, 1.82) is 0 Å². The quantitative estimate of drug-likeness (QED) is 0.431. The van der Waals surface area contributed by atoms with Gasteiger partial charge in [-0.2, -0.15) is 0 Å². The van der Waals surface area contributed by atoms with Crippen LogP contribution in [0.15, 0.2) is 42.5 Å². The van der Waals surface area contributed by atoms with Gasteiger partial charge < -0.3 is 10.6 Å².